The smallest absolute Gasteiger partial charge is 0.306 e. The van der Waals surface area contributed by atoms with E-state index in [-0.39, 0.29) is 38.0 Å². The van der Waals surface area contributed by atoms with Crippen LogP contribution in [0.2, 0.25) is 0 Å². The van der Waals surface area contributed by atoms with Crippen LogP contribution in [-0.4, -0.2) is 37.2 Å². The number of hydrogen-bond acceptors (Lipinski definition) is 6. The van der Waals surface area contributed by atoms with Crippen molar-refractivity contribution in [2.24, 2.45) is 0 Å². The number of carbonyl (C=O) groups is 3. The number of esters is 3. The van der Waals surface area contributed by atoms with Crippen LogP contribution in [-0.2, 0) is 28.6 Å². The largest absolute Gasteiger partial charge is 0.462 e. The van der Waals surface area contributed by atoms with Crippen molar-refractivity contribution in [3.8, 4) is 0 Å². The lowest BCUT2D eigenvalue weighted by atomic mass is 10.0. The maximum Gasteiger partial charge on any atom is 0.306 e. The first kappa shape index (κ1) is 75.8. The van der Waals surface area contributed by atoms with Gasteiger partial charge in [-0.2, -0.15) is 0 Å². The Balaban J connectivity index is 4.51. The molecular formula is C75H118O6. The monoisotopic (exact) mass is 1110 g/mol. The maximum atomic E-state index is 12.9. The van der Waals surface area contributed by atoms with Crippen LogP contribution in [0.25, 0.3) is 0 Å². The molecule has 0 radical (unpaired) electrons. The molecular weight excluding hydrogens is 997 g/mol. The highest BCUT2D eigenvalue weighted by Crippen LogP contribution is 2.15. The summed E-state index contributed by atoms with van der Waals surface area (Å²) in [6, 6.07) is 0. The predicted molar refractivity (Wildman–Crippen MR) is 352 cm³/mol. The van der Waals surface area contributed by atoms with Crippen molar-refractivity contribution in [1.82, 2.24) is 0 Å². The van der Waals surface area contributed by atoms with E-state index in [1.807, 2.05) is 12.2 Å². The van der Waals surface area contributed by atoms with Gasteiger partial charge >= 0.3 is 17.9 Å². The minimum Gasteiger partial charge on any atom is -0.462 e. The van der Waals surface area contributed by atoms with Gasteiger partial charge in [0.1, 0.15) is 13.2 Å². The molecule has 0 heterocycles. The van der Waals surface area contributed by atoms with Gasteiger partial charge < -0.3 is 14.2 Å². The molecule has 0 saturated heterocycles. The van der Waals surface area contributed by atoms with E-state index < -0.39 is 12.1 Å². The highest BCUT2D eigenvalue weighted by atomic mass is 16.6. The van der Waals surface area contributed by atoms with Gasteiger partial charge in [-0.05, 0) is 135 Å². The number of carbonyl (C=O) groups excluding carboxylic acids is 3. The Bertz CT molecular complexity index is 1860. The van der Waals surface area contributed by atoms with Crippen molar-refractivity contribution >= 4 is 17.9 Å². The fraction of sp³-hybridized carbons (Fsp3) is 0.587. The Morgan fingerprint density at radius 3 is 0.852 bits per heavy atom. The van der Waals surface area contributed by atoms with E-state index in [9.17, 15) is 14.4 Å². The third-order valence-electron chi connectivity index (χ3n) is 13.2. The van der Waals surface area contributed by atoms with E-state index >= 15 is 0 Å². The summed E-state index contributed by atoms with van der Waals surface area (Å²) in [4.78, 5) is 38.3. The second-order valence-corrected chi connectivity index (χ2v) is 20.9. The lowest BCUT2D eigenvalue weighted by Gasteiger charge is -2.18. The molecule has 81 heavy (non-hydrogen) atoms. The van der Waals surface area contributed by atoms with Gasteiger partial charge in [-0.3, -0.25) is 14.4 Å². The Labute approximate surface area is 498 Å². The molecule has 0 aliphatic carbocycles. The molecule has 0 rings (SSSR count). The molecule has 6 heteroatoms. The Morgan fingerprint density at radius 1 is 0.259 bits per heavy atom. The molecule has 0 amide bonds. The third kappa shape index (κ3) is 65.5. The van der Waals surface area contributed by atoms with Crippen LogP contribution >= 0.6 is 0 Å². The normalized spacial score (nSPS) is 13.3. The highest BCUT2D eigenvalue weighted by Gasteiger charge is 2.19. The average molecular weight is 1120 g/mol. The van der Waals surface area contributed by atoms with Crippen molar-refractivity contribution in [3.63, 3.8) is 0 Å². The van der Waals surface area contributed by atoms with E-state index in [2.05, 4.69) is 179 Å². The topological polar surface area (TPSA) is 78.9 Å². The van der Waals surface area contributed by atoms with Crippen LogP contribution in [0.4, 0.5) is 0 Å². The molecule has 0 saturated carbocycles. The number of allylic oxidation sites excluding steroid dienone is 28. The summed E-state index contributed by atoms with van der Waals surface area (Å²) in [6.45, 7) is 6.29. The van der Waals surface area contributed by atoms with Gasteiger partial charge in [0.2, 0.25) is 0 Å². The molecule has 0 aromatic carbocycles. The Hall–Kier alpha value is -5.23. The summed E-state index contributed by atoms with van der Waals surface area (Å²) in [7, 11) is 0. The lowest BCUT2D eigenvalue weighted by molar-refractivity contribution is -0.166. The second kappa shape index (κ2) is 67.3. The van der Waals surface area contributed by atoms with E-state index in [1.54, 1.807) is 0 Å². The van der Waals surface area contributed by atoms with Crippen LogP contribution < -0.4 is 0 Å². The Morgan fingerprint density at radius 2 is 0.519 bits per heavy atom. The first-order valence-electron chi connectivity index (χ1n) is 32.6. The van der Waals surface area contributed by atoms with Gasteiger partial charge in [0.05, 0.1) is 0 Å². The second-order valence-electron chi connectivity index (χ2n) is 20.9. The zero-order valence-electron chi connectivity index (χ0n) is 52.0. The molecule has 0 aromatic rings. The van der Waals surface area contributed by atoms with Crippen LogP contribution in [0.15, 0.2) is 170 Å². The number of unbranched alkanes of at least 4 members (excludes halogenated alkanes) is 18. The first-order chi connectivity index (χ1) is 40.0. The molecule has 6 nitrogen and oxygen atoms in total. The minimum atomic E-state index is -0.853. The summed E-state index contributed by atoms with van der Waals surface area (Å²) >= 11 is 0. The minimum absolute atomic E-state index is 0.134. The predicted octanol–water partition coefficient (Wildman–Crippen LogP) is 22.7. The molecule has 0 N–H and O–H groups in total. The van der Waals surface area contributed by atoms with E-state index in [0.29, 0.717) is 19.3 Å². The summed E-state index contributed by atoms with van der Waals surface area (Å²) in [5.41, 5.74) is 0. The van der Waals surface area contributed by atoms with Crippen LogP contribution in [0, 0.1) is 0 Å². The number of hydrogen-bond donors (Lipinski definition) is 0. The van der Waals surface area contributed by atoms with Crippen molar-refractivity contribution in [2.45, 2.75) is 271 Å². The molecule has 0 spiro atoms. The third-order valence-corrected chi connectivity index (χ3v) is 13.2. The SMILES string of the molecule is CC/C=C\C/C=C\C/C=C\C/C=C\C/C=C\C/C=C\CCC(=O)OC(COC(=O)CCC/C=C\C/C=C\C/C=C\C/C=C\C/C=C\CC)COC(=O)CCCCCCCCCCCCCC/C=C\C/C=C\C/C=C\CCCCCCC. The van der Waals surface area contributed by atoms with Crippen molar-refractivity contribution in [3.05, 3.63) is 170 Å². The van der Waals surface area contributed by atoms with Crippen molar-refractivity contribution in [2.75, 3.05) is 13.2 Å². The van der Waals surface area contributed by atoms with E-state index in [1.165, 1.54) is 103 Å². The molecule has 0 bridgehead atoms. The summed E-state index contributed by atoms with van der Waals surface area (Å²) in [5, 5.41) is 0. The highest BCUT2D eigenvalue weighted by molar-refractivity contribution is 5.71. The van der Waals surface area contributed by atoms with Gasteiger partial charge in [-0.15, -0.1) is 0 Å². The van der Waals surface area contributed by atoms with Crippen LogP contribution in [0.1, 0.15) is 265 Å². The average Bonchev–Trinajstić information content (AvgIpc) is 3.47. The molecule has 0 aliphatic heterocycles. The standard InChI is InChI=1S/C75H118O6/c1-4-7-10-13-16-19-22-25-28-31-33-34-35-36-37-38-39-40-42-44-47-50-53-56-59-62-65-68-74(77)80-71-72(70-79-73(76)67-64-61-58-55-52-49-46-43-30-27-24-21-18-15-12-9-6-3)81-75(78)69-66-63-60-57-54-51-48-45-41-32-29-26-23-20-17-14-11-8-5-2/h8-9,11-12,17-18,20-22,25-27,29-31,33,35-36,41,45-46,49,51,54-55,58,60,63,72H,4-7,10,13-16,19,23-24,28,32,34,37-40,42-44,47-48,50,52-53,56-57,59,61-62,64-71H2,1-3H3/b11-8-,12-9-,20-17-,21-18-,25-22-,29-26-,30-27-,33-31-,36-35-,45-41-,49-46-,54-51-,58-55-,63-60-. The molecule has 0 fully saturated rings. The molecule has 454 valence electrons. The Kier molecular flexibility index (Phi) is 62.9. The molecule has 0 aliphatic rings. The van der Waals surface area contributed by atoms with Gasteiger partial charge in [-0.1, -0.05) is 281 Å². The van der Waals surface area contributed by atoms with E-state index in [4.69, 9.17) is 14.2 Å². The first-order valence-corrected chi connectivity index (χ1v) is 32.6. The molecule has 0 aromatic heterocycles. The van der Waals surface area contributed by atoms with Crippen LogP contribution in [0.5, 0.6) is 0 Å². The number of rotatable bonds is 57. The van der Waals surface area contributed by atoms with Crippen molar-refractivity contribution in [1.29, 1.82) is 0 Å². The summed E-state index contributed by atoms with van der Waals surface area (Å²) in [5.74, 6) is -1.09. The lowest BCUT2D eigenvalue weighted by Crippen LogP contribution is -2.30. The van der Waals surface area contributed by atoms with Gasteiger partial charge in [0.15, 0.2) is 6.10 Å². The fourth-order valence-electron chi connectivity index (χ4n) is 8.39. The maximum absolute atomic E-state index is 12.9. The summed E-state index contributed by atoms with van der Waals surface area (Å²) < 4.78 is 16.8. The van der Waals surface area contributed by atoms with Gasteiger partial charge in [0, 0.05) is 19.3 Å². The van der Waals surface area contributed by atoms with E-state index in [0.717, 1.165) is 109 Å². The molecule has 1 unspecified atom stereocenters. The van der Waals surface area contributed by atoms with Crippen molar-refractivity contribution < 1.29 is 28.6 Å². The zero-order valence-corrected chi connectivity index (χ0v) is 52.0. The quantitative estimate of drug-likeness (QED) is 0.0261. The summed E-state index contributed by atoms with van der Waals surface area (Å²) in [6.07, 6.45) is 99.5. The fourth-order valence-corrected chi connectivity index (χ4v) is 8.39. The number of ether oxygens (including phenoxy) is 3. The van der Waals surface area contributed by atoms with Crippen LogP contribution in [0.3, 0.4) is 0 Å². The molecule has 1 atom stereocenters. The van der Waals surface area contributed by atoms with Gasteiger partial charge in [0.25, 0.3) is 0 Å². The zero-order chi connectivity index (χ0) is 58.5. The van der Waals surface area contributed by atoms with Gasteiger partial charge in [-0.25, -0.2) is 0 Å².